The van der Waals surface area contributed by atoms with Crippen molar-refractivity contribution < 1.29 is 9.13 Å². The second-order valence-corrected chi connectivity index (χ2v) is 4.38. The maximum Gasteiger partial charge on any atom is 0.242 e. The third-order valence-electron chi connectivity index (χ3n) is 2.13. The van der Waals surface area contributed by atoms with Gasteiger partial charge in [-0.05, 0) is 53.2 Å². The van der Waals surface area contributed by atoms with Crippen LogP contribution >= 0.6 is 15.9 Å². The number of ether oxygens (including phenoxy) is 1. The Balaban J connectivity index is 2.34. The summed E-state index contributed by atoms with van der Waals surface area (Å²) in [6.45, 7) is 1.84. The minimum absolute atomic E-state index is 0.317. The summed E-state index contributed by atoms with van der Waals surface area (Å²) in [5, 5.41) is 0. The van der Waals surface area contributed by atoms with Crippen LogP contribution in [0.4, 0.5) is 10.1 Å². The zero-order valence-electron chi connectivity index (χ0n) is 9.08. The lowest BCUT2D eigenvalue weighted by atomic mass is 10.3. The average molecular weight is 297 g/mol. The Morgan fingerprint density at radius 2 is 2.06 bits per heavy atom. The summed E-state index contributed by atoms with van der Waals surface area (Å²) >= 11 is 3.21. The predicted octanol–water partition coefficient (Wildman–Crippen LogP) is 3.67. The first-order valence-electron chi connectivity index (χ1n) is 4.92. The second kappa shape index (κ2) is 4.71. The molecule has 0 aliphatic rings. The fourth-order valence-corrected chi connectivity index (χ4v) is 1.72. The molecule has 1 aromatic heterocycles. The number of hydrogen-bond donors (Lipinski definition) is 1. The highest BCUT2D eigenvalue weighted by atomic mass is 79.9. The summed E-state index contributed by atoms with van der Waals surface area (Å²) in [4.78, 5) is 4.17. The number of anilines is 1. The standard InChI is InChI=1S/C12H10BrFN2O/c1-7-2-4-10(15)12(16-7)17-11-5-3-8(14)6-9(11)13/h2-6H,15H2,1H3. The Labute approximate surface area is 107 Å². The minimum atomic E-state index is -0.339. The van der Waals surface area contributed by atoms with Crippen molar-refractivity contribution in [3.63, 3.8) is 0 Å². The first-order chi connectivity index (χ1) is 8.06. The molecule has 17 heavy (non-hydrogen) atoms. The lowest BCUT2D eigenvalue weighted by Gasteiger charge is -2.09. The molecule has 0 fully saturated rings. The molecule has 0 aliphatic carbocycles. The highest BCUT2D eigenvalue weighted by Crippen LogP contribution is 2.31. The molecule has 0 spiro atoms. The van der Waals surface area contributed by atoms with Gasteiger partial charge in [-0.1, -0.05) is 0 Å². The molecule has 0 bridgehead atoms. The van der Waals surface area contributed by atoms with Crippen molar-refractivity contribution in [2.45, 2.75) is 6.92 Å². The van der Waals surface area contributed by atoms with Crippen LogP contribution in [0.5, 0.6) is 11.6 Å². The van der Waals surface area contributed by atoms with Gasteiger partial charge in [-0.25, -0.2) is 9.37 Å². The van der Waals surface area contributed by atoms with Gasteiger partial charge < -0.3 is 10.5 Å². The third-order valence-corrected chi connectivity index (χ3v) is 2.75. The Morgan fingerprint density at radius 3 is 2.76 bits per heavy atom. The molecule has 2 N–H and O–H groups in total. The Kier molecular flexibility index (Phi) is 3.28. The van der Waals surface area contributed by atoms with E-state index in [0.29, 0.717) is 21.8 Å². The van der Waals surface area contributed by atoms with Gasteiger partial charge >= 0.3 is 0 Å². The van der Waals surface area contributed by atoms with E-state index in [-0.39, 0.29) is 5.82 Å². The number of nitrogens with two attached hydrogens (primary N) is 1. The van der Waals surface area contributed by atoms with E-state index >= 15 is 0 Å². The zero-order chi connectivity index (χ0) is 12.4. The van der Waals surface area contributed by atoms with Crippen molar-refractivity contribution in [1.82, 2.24) is 4.98 Å². The summed E-state index contributed by atoms with van der Waals surface area (Å²) in [7, 11) is 0. The average Bonchev–Trinajstić information content (AvgIpc) is 2.27. The van der Waals surface area contributed by atoms with E-state index < -0.39 is 0 Å². The van der Waals surface area contributed by atoms with Gasteiger partial charge in [0.25, 0.3) is 0 Å². The molecule has 0 atom stereocenters. The smallest absolute Gasteiger partial charge is 0.242 e. The maximum atomic E-state index is 12.9. The van der Waals surface area contributed by atoms with E-state index in [9.17, 15) is 4.39 Å². The van der Waals surface area contributed by atoms with Crippen molar-refractivity contribution >= 4 is 21.6 Å². The summed E-state index contributed by atoms with van der Waals surface area (Å²) in [6.07, 6.45) is 0. The number of aromatic nitrogens is 1. The first-order valence-corrected chi connectivity index (χ1v) is 5.71. The van der Waals surface area contributed by atoms with Gasteiger partial charge in [0.15, 0.2) is 0 Å². The molecule has 1 heterocycles. The normalized spacial score (nSPS) is 10.3. The van der Waals surface area contributed by atoms with Crippen LogP contribution in [-0.2, 0) is 0 Å². The van der Waals surface area contributed by atoms with Gasteiger partial charge in [0.2, 0.25) is 5.88 Å². The first kappa shape index (κ1) is 11.9. The largest absolute Gasteiger partial charge is 0.436 e. The lowest BCUT2D eigenvalue weighted by molar-refractivity contribution is 0.459. The number of hydrogen-bond acceptors (Lipinski definition) is 3. The van der Waals surface area contributed by atoms with Gasteiger partial charge in [0.1, 0.15) is 11.6 Å². The summed E-state index contributed by atoms with van der Waals surface area (Å²) in [6, 6.07) is 7.66. The molecule has 3 nitrogen and oxygen atoms in total. The van der Waals surface area contributed by atoms with Crippen LogP contribution in [0.2, 0.25) is 0 Å². The number of nitrogens with zero attached hydrogens (tertiary/aromatic N) is 1. The van der Waals surface area contributed by atoms with Crippen LogP contribution in [0.15, 0.2) is 34.8 Å². The molecule has 0 saturated carbocycles. The number of benzene rings is 1. The topological polar surface area (TPSA) is 48.1 Å². The highest BCUT2D eigenvalue weighted by molar-refractivity contribution is 9.10. The van der Waals surface area contributed by atoms with Crippen LogP contribution in [0.3, 0.4) is 0 Å². The minimum Gasteiger partial charge on any atom is -0.436 e. The van der Waals surface area contributed by atoms with Crippen LogP contribution in [-0.4, -0.2) is 4.98 Å². The Morgan fingerprint density at radius 1 is 1.29 bits per heavy atom. The molecule has 2 aromatic rings. The molecule has 0 saturated heterocycles. The van der Waals surface area contributed by atoms with Crippen molar-refractivity contribution in [1.29, 1.82) is 0 Å². The van der Waals surface area contributed by atoms with Gasteiger partial charge in [-0.3, -0.25) is 0 Å². The van der Waals surface area contributed by atoms with Crippen molar-refractivity contribution in [3.8, 4) is 11.6 Å². The Bertz CT molecular complexity index is 560. The number of aryl methyl sites for hydroxylation is 1. The molecule has 5 heteroatoms. The fraction of sp³-hybridized carbons (Fsp3) is 0.0833. The van der Waals surface area contributed by atoms with E-state index in [4.69, 9.17) is 10.5 Å². The summed E-state index contributed by atoms with van der Waals surface area (Å²) in [5.74, 6) is 0.447. The molecule has 0 aliphatic heterocycles. The van der Waals surface area contributed by atoms with Crippen LogP contribution in [0.1, 0.15) is 5.69 Å². The van der Waals surface area contributed by atoms with E-state index in [2.05, 4.69) is 20.9 Å². The number of halogens is 2. The zero-order valence-corrected chi connectivity index (χ0v) is 10.7. The second-order valence-electron chi connectivity index (χ2n) is 3.52. The van der Waals surface area contributed by atoms with Crippen LogP contribution in [0.25, 0.3) is 0 Å². The monoisotopic (exact) mass is 296 g/mol. The van der Waals surface area contributed by atoms with Crippen LogP contribution in [0, 0.1) is 12.7 Å². The molecule has 0 amide bonds. The lowest BCUT2D eigenvalue weighted by Crippen LogP contribution is -1.96. The van der Waals surface area contributed by atoms with E-state index in [1.165, 1.54) is 18.2 Å². The molecule has 1 aromatic carbocycles. The molecule has 2 rings (SSSR count). The quantitative estimate of drug-likeness (QED) is 0.920. The molecule has 0 unspecified atom stereocenters. The molecular formula is C12H10BrFN2O. The van der Waals surface area contributed by atoms with Gasteiger partial charge in [-0.2, -0.15) is 0 Å². The van der Waals surface area contributed by atoms with E-state index in [0.717, 1.165) is 5.69 Å². The van der Waals surface area contributed by atoms with Crippen LogP contribution < -0.4 is 10.5 Å². The van der Waals surface area contributed by atoms with Crippen molar-refractivity contribution in [2.24, 2.45) is 0 Å². The number of pyridine rings is 1. The number of rotatable bonds is 2. The Hall–Kier alpha value is -1.62. The van der Waals surface area contributed by atoms with E-state index in [1.807, 2.05) is 6.92 Å². The predicted molar refractivity (Wildman–Crippen MR) is 67.6 cm³/mol. The highest BCUT2D eigenvalue weighted by Gasteiger charge is 2.08. The van der Waals surface area contributed by atoms with Gasteiger partial charge in [0.05, 0.1) is 10.2 Å². The molecule has 88 valence electrons. The van der Waals surface area contributed by atoms with Gasteiger partial charge in [-0.15, -0.1) is 0 Å². The molecular weight excluding hydrogens is 287 g/mol. The van der Waals surface area contributed by atoms with Gasteiger partial charge in [0, 0.05) is 5.69 Å². The summed E-state index contributed by atoms with van der Waals surface area (Å²) < 4.78 is 18.9. The van der Waals surface area contributed by atoms with E-state index in [1.54, 1.807) is 12.1 Å². The SMILES string of the molecule is Cc1ccc(N)c(Oc2ccc(F)cc2Br)n1. The molecule has 0 radical (unpaired) electrons. The number of nitrogen functional groups attached to an aromatic ring is 1. The van der Waals surface area contributed by atoms with Crippen molar-refractivity contribution in [3.05, 3.63) is 46.3 Å². The fourth-order valence-electron chi connectivity index (χ4n) is 1.29. The third kappa shape index (κ3) is 2.74. The summed E-state index contributed by atoms with van der Waals surface area (Å²) in [5.41, 5.74) is 6.98. The maximum absolute atomic E-state index is 12.9. The van der Waals surface area contributed by atoms with Crippen molar-refractivity contribution in [2.75, 3.05) is 5.73 Å².